The lowest BCUT2D eigenvalue weighted by molar-refractivity contribution is -0.385. The number of aromatic nitrogens is 1. The summed E-state index contributed by atoms with van der Waals surface area (Å²) in [6.07, 6.45) is 3.15. The highest BCUT2D eigenvalue weighted by Crippen LogP contribution is 2.35. The molecule has 0 amide bonds. The van der Waals surface area contributed by atoms with Gasteiger partial charge in [-0.3, -0.25) is 15.0 Å². The first-order valence-corrected chi connectivity index (χ1v) is 9.32. The van der Waals surface area contributed by atoms with Gasteiger partial charge in [-0.05, 0) is 36.6 Å². The number of benzene rings is 2. The first kappa shape index (κ1) is 17.5. The highest BCUT2D eigenvalue weighted by molar-refractivity contribution is 5.41. The number of nitrogens with zero attached hydrogens (tertiary/aromatic N) is 3. The molecule has 0 saturated heterocycles. The van der Waals surface area contributed by atoms with E-state index in [1.807, 2.05) is 12.1 Å². The first-order valence-electron chi connectivity index (χ1n) is 9.32. The van der Waals surface area contributed by atoms with Gasteiger partial charge in [0.15, 0.2) is 0 Å². The van der Waals surface area contributed by atoms with Crippen LogP contribution >= 0.6 is 0 Å². The maximum Gasteiger partial charge on any atom is 0.273 e. The summed E-state index contributed by atoms with van der Waals surface area (Å²) in [5, 5.41) is 11.5. The van der Waals surface area contributed by atoms with Gasteiger partial charge in [-0.2, -0.15) is 0 Å². The fourth-order valence-corrected chi connectivity index (χ4v) is 4.10. The Labute approximate surface area is 159 Å². The molecule has 0 saturated carbocycles. The number of nitro benzene ring substituents is 1. The molecule has 1 aliphatic rings. The fraction of sp³-hybridized carbons (Fsp3) is 0.273. The summed E-state index contributed by atoms with van der Waals surface area (Å²) < 4.78 is 2.32. The van der Waals surface area contributed by atoms with E-state index in [1.54, 1.807) is 12.1 Å². The van der Waals surface area contributed by atoms with Gasteiger partial charge in [-0.15, -0.1) is 0 Å². The van der Waals surface area contributed by atoms with Gasteiger partial charge in [0.2, 0.25) is 0 Å². The minimum absolute atomic E-state index is 0.0866. The van der Waals surface area contributed by atoms with Gasteiger partial charge in [0.05, 0.1) is 11.0 Å². The van der Waals surface area contributed by atoms with Crippen molar-refractivity contribution in [3.8, 4) is 0 Å². The maximum atomic E-state index is 11.5. The molecule has 0 fully saturated rings. The number of hydrogen-bond donors (Lipinski definition) is 0. The Balaban J connectivity index is 1.79. The molecule has 1 aliphatic heterocycles. The summed E-state index contributed by atoms with van der Waals surface area (Å²) in [7, 11) is 0. The molecule has 0 bridgehead atoms. The van der Waals surface area contributed by atoms with Gasteiger partial charge >= 0.3 is 0 Å². The topological polar surface area (TPSA) is 51.3 Å². The third-order valence-corrected chi connectivity index (χ3v) is 5.40. The molecule has 2 heterocycles. The fourth-order valence-electron chi connectivity index (χ4n) is 4.10. The van der Waals surface area contributed by atoms with Crippen LogP contribution in [-0.4, -0.2) is 20.9 Å². The molecule has 3 aromatic rings. The predicted molar refractivity (Wildman–Crippen MR) is 106 cm³/mol. The van der Waals surface area contributed by atoms with E-state index in [9.17, 15) is 10.1 Å². The van der Waals surface area contributed by atoms with Crippen LogP contribution in [0.1, 0.15) is 34.8 Å². The van der Waals surface area contributed by atoms with E-state index in [4.69, 9.17) is 0 Å². The Bertz CT molecular complexity index is 963. The van der Waals surface area contributed by atoms with Crippen molar-refractivity contribution in [3.05, 3.63) is 99.4 Å². The summed E-state index contributed by atoms with van der Waals surface area (Å²) in [5.41, 5.74) is 4.71. The number of fused-ring (bicyclic) bond motifs is 1. The van der Waals surface area contributed by atoms with Crippen molar-refractivity contribution >= 4 is 5.69 Å². The number of rotatable bonds is 4. The van der Waals surface area contributed by atoms with E-state index in [-0.39, 0.29) is 16.7 Å². The Kier molecular flexibility index (Phi) is 4.77. The first-order chi connectivity index (χ1) is 13.1. The lowest BCUT2D eigenvalue weighted by atomic mass is 9.96. The highest BCUT2D eigenvalue weighted by Gasteiger charge is 2.29. The quantitative estimate of drug-likeness (QED) is 0.500. The van der Waals surface area contributed by atoms with Crippen molar-refractivity contribution in [2.75, 3.05) is 6.54 Å². The average molecular weight is 361 g/mol. The molecule has 1 aromatic heterocycles. The van der Waals surface area contributed by atoms with E-state index in [0.717, 1.165) is 25.1 Å². The molecule has 0 radical (unpaired) electrons. The molecular formula is C22H23N3O2. The van der Waals surface area contributed by atoms with Crippen molar-refractivity contribution in [2.24, 2.45) is 0 Å². The van der Waals surface area contributed by atoms with Crippen LogP contribution in [-0.2, 0) is 13.1 Å². The van der Waals surface area contributed by atoms with Crippen molar-refractivity contribution in [1.29, 1.82) is 0 Å². The van der Waals surface area contributed by atoms with Crippen LogP contribution in [0.3, 0.4) is 0 Å². The van der Waals surface area contributed by atoms with E-state index < -0.39 is 0 Å². The summed E-state index contributed by atoms with van der Waals surface area (Å²) in [6, 6.07) is 19.9. The largest absolute Gasteiger partial charge is 0.350 e. The minimum atomic E-state index is -0.279. The van der Waals surface area contributed by atoms with Crippen LogP contribution in [0.4, 0.5) is 5.69 Å². The predicted octanol–water partition coefficient (Wildman–Crippen LogP) is 4.70. The lowest BCUT2D eigenvalue weighted by Gasteiger charge is -2.31. The molecule has 0 unspecified atom stereocenters. The molecule has 0 N–H and O–H groups in total. The number of nitro groups is 1. The van der Waals surface area contributed by atoms with Gasteiger partial charge in [0.25, 0.3) is 5.69 Å². The Hall–Kier alpha value is -2.92. The second-order valence-corrected chi connectivity index (χ2v) is 7.10. The Morgan fingerprint density at radius 3 is 2.63 bits per heavy atom. The van der Waals surface area contributed by atoms with Crippen molar-refractivity contribution in [3.63, 3.8) is 0 Å². The third-order valence-electron chi connectivity index (χ3n) is 5.40. The number of para-hydroxylation sites is 1. The molecule has 4 rings (SSSR count). The van der Waals surface area contributed by atoms with Crippen LogP contribution in [0.2, 0.25) is 0 Å². The van der Waals surface area contributed by atoms with Crippen LogP contribution in [0, 0.1) is 17.0 Å². The second kappa shape index (κ2) is 7.37. The molecule has 2 aromatic carbocycles. The molecule has 0 spiro atoms. The zero-order chi connectivity index (χ0) is 18.8. The molecular weight excluding hydrogens is 338 g/mol. The smallest absolute Gasteiger partial charge is 0.273 e. The average Bonchev–Trinajstić information content (AvgIpc) is 3.05. The van der Waals surface area contributed by atoms with E-state index >= 15 is 0 Å². The van der Waals surface area contributed by atoms with Gasteiger partial charge in [-0.25, -0.2) is 0 Å². The van der Waals surface area contributed by atoms with Crippen molar-refractivity contribution < 1.29 is 4.92 Å². The monoisotopic (exact) mass is 361 g/mol. The van der Waals surface area contributed by atoms with Crippen LogP contribution in [0.5, 0.6) is 0 Å². The molecule has 27 heavy (non-hydrogen) atoms. The lowest BCUT2D eigenvalue weighted by Crippen LogP contribution is -2.30. The summed E-state index contributed by atoms with van der Waals surface area (Å²) in [6.45, 7) is 4.56. The van der Waals surface area contributed by atoms with Gasteiger partial charge in [0.1, 0.15) is 0 Å². The zero-order valence-electron chi connectivity index (χ0n) is 15.4. The van der Waals surface area contributed by atoms with Crippen molar-refractivity contribution in [1.82, 2.24) is 9.47 Å². The van der Waals surface area contributed by atoms with E-state index in [1.165, 1.54) is 16.8 Å². The highest BCUT2D eigenvalue weighted by atomic mass is 16.6. The molecule has 5 nitrogen and oxygen atoms in total. The van der Waals surface area contributed by atoms with Gasteiger partial charge in [0, 0.05) is 43.2 Å². The molecule has 0 aliphatic carbocycles. The zero-order valence-corrected chi connectivity index (χ0v) is 15.4. The molecule has 1 atom stereocenters. The summed E-state index contributed by atoms with van der Waals surface area (Å²) >= 11 is 0. The van der Waals surface area contributed by atoms with Crippen molar-refractivity contribution in [2.45, 2.75) is 32.5 Å². The van der Waals surface area contributed by atoms with Crippen LogP contribution in [0.25, 0.3) is 0 Å². The minimum Gasteiger partial charge on any atom is -0.350 e. The molecule has 5 heteroatoms. The second-order valence-electron chi connectivity index (χ2n) is 7.10. The standard InChI is InChI=1S/C22H23N3O2/c1-17-8-2-4-10-19(17)22-21-12-6-13-23(21)14-7-15-24(22)16-18-9-3-5-11-20(18)25(26)27/h2-6,8-13,22H,7,14-16H2,1H3/t22-/m1/s1. The van der Waals surface area contributed by atoms with Gasteiger partial charge in [-0.1, -0.05) is 42.5 Å². The SMILES string of the molecule is Cc1ccccc1[C@@H]1c2cccn2CCCN1Cc1ccccc1[N+](=O)[O-]. The van der Waals surface area contributed by atoms with E-state index in [2.05, 4.69) is 59.0 Å². The normalized spacial score (nSPS) is 17.3. The maximum absolute atomic E-state index is 11.5. The molecule has 138 valence electrons. The number of hydrogen-bond acceptors (Lipinski definition) is 3. The third kappa shape index (κ3) is 3.38. The summed E-state index contributed by atoms with van der Waals surface area (Å²) in [5.74, 6) is 0. The number of aryl methyl sites for hydroxylation is 2. The Morgan fingerprint density at radius 2 is 1.81 bits per heavy atom. The van der Waals surface area contributed by atoms with Crippen LogP contribution in [0.15, 0.2) is 66.9 Å². The Morgan fingerprint density at radius 1 is 1.04 bits per heavy atom. The van der Waals surface area contributed by atoms with Gasteiger partial charge < -0.3 is 4.57 Å². The van der Waals surface area contributed by atoms with Crippen LogP contribution < -0.4 is 0 Å². The summed E-state index contributed by atoms with van der Waals surface area (Å²) in [4.78, 5) is 13.6. The van der Waals surface area contributed by atoms with E-state index in [0.29, 0.717) is 6.54 Å².